The Labute approximate surface area is 243 Å². The van der Waals surface area contributed by atoms with Crippen molar-refractivity contribution in [1.29, 1.82) is 0 Å². The van der Waals surface area contributed by atoms with Gasteiger partial charge in [0.1, 0.15) is 10.6 Å². The van der Waals surface area contributed by atoms with E-state index in [0.29, 0.717) is 12.1 Å². The van der Waals surface area contributed by atoms with E-state index in [2.05, 4.69) is 6.58 Å². The molecule has 2 fully saturated rings. The summed E-state index contributed by atoms with van der Waals surface area (Å²) in [6, 6.07) is 5.27. The number of carbonyl (C=O) groups is 1. The minimum absolute atomic E-state index is 0.00591. The third-order valence-corrected chi connectivity index (χ3v) is 12.5. The summed E-state index contributed by atoms with van der Waals surface area (Å²) in [5.41, 5.74) is -9.15. The number of amides is 1. The molecule has 6 nitrogen and oxygen atoms in total. The number of hydrogen-bond acceptors (Lipinski definition) is 5. The molecule has 0 spiro atoms. The first-order valence-electron chi connectivity index (χ1n) is 12.8. The summed E-state index contributed by atoms with van der Waals surface area (Å²) >= 11 is 0. The van der Waals surface area contributed by atoms with Crippen molar-refractivity contribution in [3.05, 3.63) is 78.1 Å². The molecule has 2 N–H and O–H groups in total. The molecule has 2 aromatic carbocycles. The molecule has 43 heavy (non-hydrogen) atoms. The van der Waals surface area contributed by atoms with E-state index in [-0.39, 0.29) is 55.0 Å². The Bertz CT molecular complexity index is 1470. The highest BCUT2D eigenvalue weighted by Gasteiger charge is 2.73. The first-order chi connectivity index (χ1) is 19.7. The number of alkyl halides is 7. The van der Waals surface area contributed by atoms with Crippen LogP contribution in [0.25, 0.3) is 0 Å². The quantitative estimate of drug-likeness (QED) is 0.203. The van der Waals surface area contributed by atoms with Crippen molar-refractivity contribution in [1.82, 2.24) is 4.90 Å². The second kappa shape index (κ2) is 10.7. The molecule has 2 aromatic rings. The molecule has 2 aliphatic rings. The number of sulfone groups is 1. The molecule has 2 aliphatic heterocycles. The lowest BCUT2D eigenvalue weighted by Gasteiger charge is -2.45. The zero-order valence-electron chi connectivity index (χ0n) is 22.3. The van der Waals surface area contributed by atoms with E-state index in [4.69, 9.17) is 0 Å². The van der Waals surface area contributed by atoms with Crippen LogP contribution in [0.15, 0.2) is 66.1 Å². The maximum absolute atomic E-state index is 14.7. The third-order valence-electron chi connectivity index (χ3n) is 8.31. The Kier molecular flexibility index (Phi) is 8.29. The molecule has 1 atom stereocenters. The number of rotatable bonds is 6. The van der Waals surface area contributed by atoms with E-state index >= 15 is 0 Å². The highest BCUT2D eigenvalue weighted by Crippen LogP contribution is 2.55. The highest BCUT2D eigenvalue weighted by molar-refractivity contribution is 8.24. The van der Waals surface area contributed by atoms with Gasteiger partial charge in [0.25, 0.3) is 0 Å². The molecule has 2 saturated heterocycles. The van der Waals surface area contributed by atoms with Gasteiger partial charge in [-0.2, -0.15) is 36.9 Å². The zero-order valence-corrected chi connectivity index (χ0v) is 23.9. The molecular formula is C27H27F8NO5S2. The Morgan fingerprint density at radius 3 is 1.86 bits per heavy atom. The molecular weight excluding hydrogens is 634 g/mol. The van der Waals surface area contributed by atoms with Crippen LogP contribution in [0.4, 0.5) is 35.1 Å². The van der Waals surface area contributed by atoms with Crippen LogP contribution in [0.5, 0.6) is 0 Å². The van der Waals surface area contributed by atoms with Crippen LogP contribution in [-0.4, -0.2) is 65.3 Å². The minimum Gasteiger partial charge on any atom is -0.340 e. The molecule has 16 heteroatoms. The van der Waals surface area contributed by atoms with Crippen molar-refractivity contribution >= 4 is 26.3 Å². The largest absolute Gasteiger partial charge is 0.435 e. The van der Waals surface area contributed by atoms with Crippen molar-refractivity contribution < 1.29 is 57.4 Å². The van der Waals surface area contributed by atoms with Crippen molar-refractivity contribution in [2.24, 2.45) is 5.41 Å². The Hall–Kier alpha value is -2.69. The third kappa shape index (κ3) is 5.44. The van der Waals surface area contributed by atoms with Crippen LogP contribution in [0.1, 0.15) is 30.4 Å². The summed E-state index contributed by atoms with van der Waals surface area (Å²) in [5, 5.41) is 0. The smallest absolute Gasteiger partial charge is 0.340 e. The van der Waals surface area contributed by atoms with Crippen molar-refractivity contribution in [2.45, 2.75) is 46.9 Å². The summed E-state index contributed by atoms with van der Waals surface area (Å²) in [6.45, 7) is 2.88. The van der Waals surface area contributed by atoms with Crippen LogP contribution in [0, 0.1) is 11.2 Å². The molecule has 4 rings (SSSR count). The topological polar surface area (TPSA) is 94.9 Å². The minimum atomic E-state index is -6.39. The molecule has 0 saturated carbocycles. The van der Waals surface area contributed by atoms with Crippen LogP contribution in [-0.2, 0) is 25.0 Å². The number of benzene rings is 2. The van der Waals surface area contributed by atoms with E-state index in [0.717, 1.165) is 24.3 Å². The molecule has 0 aliphatic carbocycles. The lowest BCUT2D eigenvalue weighted by atomic mass is 9.80. The number of halogens is 8. The fraction of sp³-hybridized carbons (Fsp3) is 0.444. The molecule has 0 aromatic heterocycles. The number of likely N-dealkylation sites (tertiary alicyclic amines) is 1. The average Bonchev–Trinajstić information content (AvgIpc) is 3.39. The fourth-order valence-electron chi connectivity index (χ4n) is 5.63. The lowest BCUT2D eigenvalue weighted by molar-refractivity contribution is -0.348. The predicted molar refractivity (Wildman–Crippen MR) is 142 cm³/mol. The molecule has 0 bridgehead atoms. The van der Waals surface area contributed by atoms with Crippen molar-refractivity contribution in [2.75, 3.05) is 24.6 Å². The van der Waals surface area contributed by atoms with E-state index in [1.807, 2.05) is 0 Å². The summed E-state index contributed by atoms with van der Waals surface area (Å²) in [7, 11) is -7.54. The van der Waals surface area contributed by atoms with Gasteiger partial charge >= 0.3 is 18.0 Å². The first kappa shape index (κ1) is 33.2. The van der Waals surface area contributed by atoms with Gasteiger partial charge in [0.2, 0.25) is 5.91 Å². The van der Waals surface area contributed by atoms with Gasteiger partial charge in [0, 0.05) is 30.2 Å². The van der Waals surface area contributed by atoms with E-state index in [1.54, 1.807) is 0 Å². The molecule has 2 heterocycles. The summed E-state index contributed by atoms with van der Waals surface area (Å²) in [5.74, 6) is -1.59. The molecule has 1 unspecified atom stereocenters. The maximum Gasteiger partial charge on any atom is 0.435 e. The van der Waals surface area contributed by atoms with Gasteiger partial charge in [-0.05, 0) is 49.1 Å². The van der Waals surface area contributed by atoms with Crippen molar-refractivity contribution in [3.8, 4) is 0 Å². The van der Waals surface area contributed by atoms with Crippen LogP contribution < -0.4 is 0 Å². The fourth-order valence-corrected chi connectivity index (χ4v) is 9.30. The summed E-state index contributed by atoms with van der Waals surface area (Å²) in [4.78, 5) is 14.5. The molecule has 1 amide bonds. The maximum atomic E-state index is 14.7. The Balaban J connectivity index is 1.81. The van der Waals surface area contributed by atoms with Gasteiger partial charge < -0.3 is 4.90 Å². The zero-order chi connectivity index (χ0) is 32.3. The summed E-state index contributed by atoms with van der Waals surface area (Å²) < 4.78 is 154. The standard InChI is InChI=1S/C27H27F8NO5S2/c1-2-23(12-15-42(38,39)16-13-23)22(37)36-14-11-24(17-36,43(40,41)21-9-7-20(28)8-10-21)18-3-5-19(6-4-18)25(29,26(30,31)32)27(33,34)35/h2-10,38-39H,1,11-17H2. The van der Waals surface area contributed by atoms with Crippen LogP contribution >= 0.6 is 10.6 Å². The monoisotopic (exact) mass is 661 g/mol. The number of hydrogen-bond donors (Lipinski definition) is 2. The van der Waals surface area contributed by atoms with Crippen LogP contribution in [0.3, 0.4) is 0 Å². The highest BCUT2D eigenvalue weighted by atomic mass is 32.3. The van der Waals surface area contributed by atoms with Gasteiger partial charge in [0.15, 0.2) is 9.84 Å². The molecule has 238 valence electrons. The number of nitrogens with zero attached hydrogens (tertiary/aromatic N) is 1. The van der Waals surface area contributed by atoms with Gasteiger partial charge in [-0.15, -0.1) is 6.58 Å². The van der Waals surface area contributed by atoms with Gasteiger partial charge in [-0.1, -0.05) is 30.3 Å². The summed E-state index contributed by atoms with van der Waals surface area (Å²) in [6.07, 6.45) is -11.8. The SMILES string of the molecule is C=CC1(C(=O)N2CCC(c3ccc(C(F)(C(F)(F)F)C(F)(F)F)cc3)(S(=O)(=O)c3ccc(F)cc3)C2)CCS(O)(O)CC1. The van der Waals surface area contributed by atoms with Gasteiger partial charge in [0.05, 0.1) is 10.3 Å². The predicted octanol–water partition coefficient (Wildman–Crippen LogP) is 6.73. The van der Waals surface area contributed by atoms with Crippen molar-refractivity contribution in [3.63, 3.8) is 0 Å². The normalized spacial score (nSPS) is 23.5. The Morgan fingerprint density at radius 1 is 0.884 bits per heavy atom. The lowest BCUT2D eigenvalue weighted by Crippen LogP contribution is -2.50. The van der Waals surface area contributed by atoms with Gasteiger partial charge in [-0.25, -0.2) is 17.2 Å². The number of carbonyl (C=O) groups excluding carboxylic acids is 1. The second-order valence-corrected chi connectivity index (χ2v) is 15.4. The van der Waals surface area contributed by atoms with E-state index in [9.17, 15) is 57.4 Å². The van der Waals surface area contributed by atoms with E-state index < -0.39 is 77.3 Å². The first-order valence-corrected chi connectivity index (χ1v) is 16.1. The molecule has 0 radical (unpaired) electrons. The average molecular weight is 662 g/mol. The van der Waals surface area contributed by atoms with Gasteiger partial charge in [-0.3, -0.25) is 13.9 Å². The van der Waals surface area contributed by atoms with Crippen LogP contribution in [0.2, 0.25) is 0 Å². The van der Waals surface area contributed by atoms with E-state index in [1.165, 1.54) is 11.0 Å². The second-order valence-electron chi connectivity index (χ2n) is 10.7. The Morgan fingerprint density at radius 2 is 1.40 bits per heavy atom.